The molecule has 0 saturated carbocycles. The average Bonchev–Trinajstić information content (AvgIpc) is 2.97. The topological polar surface area (TPSA) is 81.6 Å². The van der Waals surface area contributed by atoms with Crippen LogP contribution in [0.25, 0.3) is 0 Å². The quantitative estimate of drug-likeness (QED) is 0.261. The van der Waals surface area contributed by atoms with E-state index in [1.807, 2.05) is 61.5 Å². The Morgan fingerprint density at radius 2 is 1.92 bits per heavy atom. The van der Waals surface area contributed by atoms with Crippen molar-refractivity contribution in [1.29, 1.82) is 0 Å². The lowest BCUT2D eigenvalue weighted by Gasteiger charge is -2.36. The molecule has 8 heteroatoms. The van der Waals surface area contributed by atoms with Crippen molar-refractivity contribution < 1.29 is 18.9 Å². The highest BCUT2D eigenvalue weighted by Crippen LogP contribution is 2.35. The zero-order valence-electron chi connectivity index (χ0n) is 22.7. The Labute approximate surface area is 230 Å². The van der Waals surface area contributed by atoms with Crippen LogP contribution in [0.5, 0.6) is 17.2 Å². The zero-order valence-corrected chi connectivity index (χ0v) is 22.7. The largest absolute Gasteiger partial charge is 0.490 e. The van der Waals surface area contributed by atoms with Gasteiger partial charge in [0, 0.05) is 39.3 Å². The summed E-state index contributed by atoms with van der Waals surface area (Å²) in [7, 11) is 1.73. The van der Waals surface area contributed by atoms with Crippen molar-refractivity contribution in [3.05, 3.63) is 88.3 Å². The predicted molar refractivity (Wildman–Crippen MR) is 152 cm³/mol. The normalized spacial score (nSPS) is 20.7. The number of fused-ring (bicyclic) bond motifs is 1. The molecule has 8 nitrogen and oxygen atoms in total. The van der Waals surface area contributed by atoms with E-state index >= 15 is 0 Å². The summed E-state index contributed by atoms with van der Waals surface area (Å²) < 4.78 is 23.7. The van der Waals surface area contributed by atoms with E-state index in [4.69, 9.17) is 18.9 Å². The number of nitrogens with zero attached hydrogens (tertiary/aromatic N) is 2. The Morgan fingerprint density at radius 1 is 1.08 bits per heavy atom. The van der Waals surface area contributed by atoms with Gasteiger partial charge in [0.15, 0.2) is 0 Å². The number of piperidine rings is 1. The third-order valence-electron chi connectivity index (χ3n) is 7.46. The van der Waals surface area contributed by atoms with E-state index in [1.165, 1.54) is 0 Å². The van der Waals surface area contributed by atoms with Gasteiger partial charge in [-0.3, -0.25) is 0 Å². The first kappa shape index (κ1) is 27.1. The van der Waals surface area contributed by atoms with Crippen LogP contribution in [-0.4, -0.2) is 58.6 Å². The SMILES string of the molecule is COCCCN1CCOc2ccc(CO[C@H]3CNC[C@@H](N=O)[C@@H]3c3ccc(Oc4ccccc4C)cc3)cc21. The first-order valence-corrected chi connectivity index (χ1v) is 13.6. The van der Waals surface area contributed by atoms with Gasteiger partial charge < -0.3 is 29.2 Å². The number of aryl methyl sites for hydroxylation is 1. The molecule has 0 unspecified atom stereocenters. The summed E-state index contributed by atoms with van der Waals surface area (Å²) in [6.45, 7) is 6.82. The predicted octanol–water partition coefficient (Wildman–Crippen LogP) is 5.43. The number of methoxy groups -OCH3 is 1. The van der Waals surface area contributed by atoms with E-state index in [9.17, 15) is 4.91 Å². The minimum atomic E-state index is -0.417. The van der Waals surface area contributed by atoms with E-state index in [-0.39, 0.29) is 12.0 Å². The van der Waals surface area contributed by atoms with E-state index in [1.54, 1.807) is 7.11 Å². The molecule has 0 spiro atoms. The minimum absolute atomic E-state index is 0.150. The lowest BCUT2D eigenvalue weighted by molar-refractivity contribution is 0.00539. The van der Waals surface area contributed by atoms with Crippen molar-refractivity contribution >= 4 is 5.69 Å². The number of anilines is 1. The molecule has 1 N–H and O–H groups in total. The molecule has 1 fully saturated rings. The Kier molecular flexibility index (Phi) is 9.08. The third kappa shape index (κ3) is 6.58. The lowest BCUT2D eigenvalue weighted by atomic mass is 9.84. The number of nitrogens with one attached hydrogen (secondary N) is 1. The van der Waals surface area contributed by atoms with Gasteiger partial charge in [0.2, 0.25) is 0 Å². The van der Waals surface area contributed by atoms with Crippen molar-refractivity contribution in [3.63, 3.8) is 0 Å². The molecule has 0 amide bonds. The molecule has 2 heterocycles. The van der Waals surface area contributed by atoms with Gasteiger partial charge in [0.05, 0.1) is 24.9 Å². The summed E-state index contributed by atoms with van der Waals surface area (Å²) in [6.07, 6.45) is 0.760. The molecule has 3 aromatic carbocycles. The number of hydrogen-bond acceptors (Lipinski definition) is 8. The number of nitroso groups, excluding NO2 is 1. The van der Waals surface area contributed by atoms with Gasteiger partial charge in [-0.2, -0.15) is 4.91 Å². The van der Waals surface area contributed by atoms with E-state index < -0.39 is 6.04 Å². The summed E-state index contributed by atoms with van der Waals surface area (Å²) >= 11 is 0. The van der Waals surface area contributed by atoms with Crippen LogP contribution in [0, 0.1) is 11.8 Å². The molecule has 39 heavy (non-hydrogen) atoms. The Bertz CT molecular complexity index is 1240. The summed E-state index contributed by atoms with van der Waals surface area (Å²) in [5.41, 5.74) is 4.25. The first-order valence-electron chi connectivity index (χ1n) is 13.6. The number of hydrogen-bond donors (Lipinski definition) is 1. The van der Waals surface area contributed by atoms with Gasteiger partial charge >= 0.3 is 0 Å². The van der Waals surface area contributed by atoms with E-state index in [0.717, 1.165) is 65.7 Å². The smallest absolute Gasteiger partial charge is 0.142 e. The second-order valence-electron chi connectivity index (χ2n) is 10.1. The van der Waals surface area contributed by atoms with Gasteiger partial charge in [-0.1, -0.05) is 41.6 Å². The molecule has 1 saturated heterocycles. The first-order chi connectivity index (χ1) is 19.2. The Balaban J connectivity index is 1.28. The van der Waals surface area contributed by atoms with Gasteiger partial charge in [0.25, 0.3) is 0 Å². The van der Waals surface area contributed by atoms with Crippen LogP contribution in [0.4, 0.5) is 5.69 Å². The average molecular weight is 532 g/mol. The van der Waals surface area contributed by atoms with Crippen molar-refractivity contribution in [2.75, 3.05) is 51.4 Å². The molecule has 0 aromatic heterocycles. The molecule has 206 valence electrons. The maximum absolute atomic E-state index is 11.8. The third-order valence-corrected chi connectivity index (χ3v) is 7.46. The van der Waals surface area contributed by atoms with E-state index in [2.05, 4.69) is 27.5 Å². The molecule has 3 aromatic rings. The van der Waals surface area contributed by atoms with Crippen LogP contribution in [0.15, 0.2) is 71.9 Å². The van der Waals surface area contributed by atoms with Crippen molar-refractivity contribution in [2.45, 2.75) is 38.0 Å². The molecule has 2 aliphatic rings. The summed E-state index contributed by atoms with van der Waals surface area (Å²) in [4.78, 5) is 14.2. The number of ether oxygens (including phenoxy) is 4. The molecule has 0 radical (unpaired) electrons. The van der Waals surface area contributed by atoms with Crippen molar-refractivity contribution in [2.24, 2.45) is 5.18 Å². The highest BCUT2D eigenvalue weighted by atomic mass is 16.5. The molecular weight excluding hydrogens is 494 g/mol. The fraction of sp³-hybridized carbons (Fsp3) is 0.419. The van der Waals surface area contributed by atoms with Gasteiger partial charge in [0.1, 0.15) is 29.9 Å². The molecular formula is C31H37N3O5. The molecule has 5 rings (SSSR count). The second-order valence-corrected chi connectivity index (χ2v) is 10.1. The van der Waals surface area contributed by atoms with Gasteiger partial charge in [-0.25, -0.2) is 0 Å². The second kappa shape index (κ2) is 13.1. The molecule has 3 atom stereocenters. The standard InChI is InChI=1S/C31H37N3O5/c1-22-6-3-4-7-28(22)39-25-11-9-24(10-12-25)31-26(33-35)19-32-20-30(31)38-21-23-8-13-29-27(18-23)34(15-17-37-29)14-5-16-36-2/h3-4,6-13,18,26,30-32H,5,14-17,19-21H2,1-2H3/t26-,30+,31+/m1/s1. The summed E-state index contributed by atoms with van der Waals surface area (Å²) in [5.74, 6) is 2.33. The van der Waals surface area contributed by atoms with Crippen LogP contribution in [0.3, 0.4) is 0 Å². The van der Waals surface area contributed by atoms with Gasteiger partial charge in [-0.15, -0.1) is 0 Å². The Morgan fingerprint density at radius 3 is 2.72 bits per heavy atom. The molecule has 2 aliphatic heterocycles. The fourth-order valence-corrected chi connectivity index (χ4v) is 5.38. The van der Waals surface area contributed by atoms with Crippen molar-refractivity contribution in [3.8, 4) is 17.2 Å². The fourth-order valence-electron chi connectivity index (χ4n) is 5.38. The number of rotatable bonds is 11. The highest BCUT2D eigenvalue weighted by molar-refractivity contribution is 5.61. The van der Waals surface area contributed by atoms with Crippen molar-refractivity contribution in [1.82, 2.24) is 5.32 Å². The maximum Gasteiger partial charge on any atom is 0.142 e. The maximum atomic E-state index is 11.8. The van der Waals surface area contributed by atoms with Crippen LogP contribution in [-0.2, 0) is 16.1 Å². The monoisotopic (exact) mass is 531 g/mol. The van der Waals surface area contributed by atoms with Gasteiger partial charge in [-0.05, 0) is 60.4 Å². The van der Waals surface area contributed by atoms with Crippen LogP contribution in [0.1, 0.15) is 29.0 Å². The molecule has 0 aliphatic carbocycles. The minimum Gasteiger partial charge on any atom is -0.490 e. The highest BCUT2D eigenvalue weighted by Gasteiger charge is 2.36. The van der Waals surface area contributed by atoms with Crippen LogP contribution in [0.2, 0.25) is 0 Å². The summed E-state index contributed by atoms with van der Waals surface area (Å²) in [5, 5.41) is 6.78. The Hall–Kier alpha value is -3.46. The number of benzene rings is 3. The lowest BCUT2D eigenvalue weighted by Crippen LogP contribution is -2.48. The van der Waals surface area contributed by atoms with E-state index in [0.29, 0.717) is 26.3 Å². The summed E-state index contributed by atoms with van der Waals surface area (Å²) in [6, 6.07) is 21.7. The molecule has 0 bridgehead atoms. The van der Waals surface area contributed by atoms with Crippen LogP contribution >= 0.6 is 0 Å². The van der Waals surface area contributed by atoms with Crippen LogP contribution < -0.4 is 19.7 Å². The zero-order chi connectivity index (χ0) is 27.0. The number of para-hydroxylation sites is 1.